The Hall–Kier alpha value is -2.58. The number of amides is 1. The second-order valence-corrected chi connectivity index (χ2v) is 7.87. The summed E-state index contributed by atoms with van der Waals surface area (Å²) in [6, 6.07) is 5.30. The molecule has 0 radical (unpaired) electrons. The summed E-state index contributed by atoms with van der Waals surface area (Å²) in [7, 11) is 2.99. The average Bonchev–Trinajstić information content (AvgIpc) is 2.66. The zero-order chi connectivity index (χ0) is 20.6. The van der Waals surface area contributed by atoms with Crippen molar-refractivity contribution in [3.8, 4) is 0 Å². The molecule has 0 atom stereocenters. The minimum atomic E-state index is -0.446. The first kappa shape index (κ1) is 20.2. The molecule has 0 saturated heterocycles. The van der Waals surface area contributed by atoms with Crippen molar-refractivity contribution in [1.82, 2.24) is 14.1 Å². The first-order chi connectivity index (χ1) is 13.2. The predicted molar refractivity (Wildman–Crippen MR) is 113 cm³/mol. The lowest BCUT2D eigenvalue weighted by molar-refractivity contribution is -0.113. The number of hydrogen-bond donors (Lipinski definition) is 1. The first-order valence-electron chi connectivity index (χ1n) is 8.45. The molecule has 3 rings (SSSR count). The van der Waals surface area contributed by atoms with E-state index in [1.165, 1.54) is 23.4 Å². The molecule has 0 saturated carbocycles. The number of carbonyl (C=O) groups excluding carboxylic acids is 1. The Morgan fingerprint density at radius 2 is 1.89 bits per heavy atom. The molecule has 0 aliphatic heterocycles. The molecule has 7 nitrogen and oxygen atoms in total. The normalized spacial score (nSPS) is 11.0. The Morgan fingerprint density at radius 3 is 2.57 bits per heavy atom. The number of aromatic nitrogens is 3. The third kappa shape index (κ3) is 3.70. The summed E-state index contributed by atoms with van der Waals surface area (Å²) in [5, 5.41) is 3.70. The van der Waals surface area contributed by atoms with Gasteiger partial charge in [0.1, 0.15) is 5.65 Å². The molecular formula is C19H19ClN4O3S. The van der Waals surface area contributed by atoms with Crippen molar-refractivity contribution in [2.75, 3.05) is 11.1 Å². The van der Waals surface area contributed by atoms with E-state index < -0.39 is 11.2 Å². The van der Waals surface area contributed by atoms with Gasteiger partial charge in [-0.1, -0.05) is 17.7 Å². The Kier molecular flexibility index (Phi) is 5.62. The van der Waals surface area contributed by atoms with E-state index in [1.807, 2.05) is 19.9 Å². The summed E-state index contributed by atoms with van der Waals surface area (Å²) < 4.78 is 2.37. The maximum Gasteiger partial charge on any atom is 0.332 e. The van der Waals surface area contributed by atoms with Gasteiger partial charge in [0.15, 0.2) is 0 Å². The van der Waals surface area contributed by atoms with Gasteiger partial charge in [0.05, 0.1) is 11.1 Å². The van der Waals surface area contributed by atoms with E-state index in [0.29, 0.717) is 26.6 Å². The third-order valence-electron chi connectivity index (χ3n) is 4.40. The lowest BCUT2D eigenvalue weighted by Crippen LogP contribution is -2.37. The van der Waals surface area contributed by atoms with Crippen LogP contribution in [0.25, 0.3) is 11.0 Å². The van der Waals surface area contributed by atoms with E-state index in [2.05, 4.69) is 10.3 Å². The van der Waals surface area contributed by atoms with Crippen molar-refractivity contribution in [3.63, 3.8) is 0 Å². The van der Waals surface area contributed by atoms with Crippen LogP contribution < -0.4 is 16.6 Å². The molecule has 0 unspecified atom stereocenters. The molecule has 28 heavy (non-hydrogen) atoms. The molecule has 0 spiro atoms. The van der Waals surface area contributed by atoms with E-state index in [-0.39, 0.29) is 11.7 Å². The number of pyridine rings is 1. The fourth-order valence-corrected chi connectivity index (χ4v) is 3.92. The van der Waals surface area contributed by atoms with E-state index in [0.717, 1.165) is 15.7 Å². The zero-order valence-electron chi connectivity index (χ0n) is 15.9. The monoisotopic (exact) mass is 418 g/mol. The van der Waals surface area contributed by atoms with Gasteiger partial charge in [0, 0.05) is 35.9 Å². The fraction of sp³-hybridized carbons (Fsp3) is 0.263. The highest BCUT2D eigenvalue weighted by molar-refractivity contribution is 8.00. The van der Waals surface area contributed by atoms with Crippen molar-refractivity contribution < 1.29 is 4.79 Å². The van der Waals surface area contributed by atoms with Gasteiger partial charge < -0.3 is 5.32 Å². The number of anilines is 1. The van der Waals surface area contributed by atoms with Gasteiger partial charge in [-0.15, -0.1) is 11.8 Å². The molecule has 0 aliphatic rings. The summed E-state index contributed by atoms with van der Waals surface area (Å²) in [5.74, 6) is -0.131. The van der Waals surface area contributed by atoms with Crippen molar-refractivity contribution in [2.45, 2.75) is 18.7 Å². The number of thioether (sulfide) groups is 1. The molecule has 2 aromatic heterocycles. The number of carbonyl (C=O) groups is 1. The molecule has 1 N–H and O–H groups in total. The van der Waals surface area contributed by atoms with Gasteiger partial charge in [0.2, 0.25) is 5.91 Å². The van der Waals surface area contributed by atoms with Crippen molar-refractivity contribution >= 4 is 46.0 Å². The Bertz CT molecular complexity index is 1220. The predicted octanol–water partition coefficient (Wildman–Crippen LogP) is 2.63. The molecule has 3 aromatic rings. The largest absolute Gasteiger partial charge is 0.332 e. The van der Waals surface area contributed by atoms with Crippen LogP contribution in [0.2, 0.25) is 5.02 Å². The van der Waals surface area contributed by atoms with Gasteiger partial charge in [-0.2, -0.15) is 0 Å². The number of rotatable bonds is 4. The van der Waals surface area contributed by atoms with E-state index in [4.69, 9.17) is 11.6 Å². The smallest absolute Gasteiger partial charge is 0.325 e. The Morgan fingerprint density at radius 1 is 1.18 bits per heavy atom. The van der Waals surface area contributed by atoms with Gasteiger partial charge in [-0.3, -0.25) is 18.7 Å². The van der Waals surface area contributed by atoms with Gasteiger partial charge in [0.25, 0.3) is 5.56 Å². The van der Waals surface area contributed by atoms with Gasteiger partial charge in [-0.25, -0.2) is 9.78 Å². The maximum absolute atomic E-state index is 12.7. The zero-order valence-corrected chi connectivity index (χ0v) is 17.4. The summed E-state index contributed by atoms with van der Waals surface area (Å²) >= 11 is 7.32. The van der Waals surface area contributed by atoms with Crippen LogP contribution in [0.1, 0.15) is 11.1 Å². The van der Waals surface area contributed by atoms with Gasteiger partial charge in [-0.05, 0) is 37.1 Å². The number of benzene rings is 1. The second-order valence-electron chi connectivity index (χ2n) is 6.48. The van der Waals surface area contributed by atoms with Gasteiger partial charge >= 0.3 is 5.69 Å². The number of aryl methyl sites for hydroxylation is 3. The summed E-state index contributed by atoms with van der Waals surface area (Å²) in [4.78, 5) is 42.0. The van der Waals surface area contributed by atoms with Crippen molar-refractivity contribution in [1.29, 1.82) is 0 Å². The molecule has 1 amide bonds. The van der Waals surface area contributed by atoms with Crippen LogP contribution in [0.15, 0.2) is 38.9 Å². The SMILES string of the molecule is Cc1ccc(NC(=O)CSc2c(C)cnc3c2c(=O)n(C)c(=O)n3C)cc1Cl. The summed E-state index contributed by atoms with van der Waals surface area (Å²) in [6.07, 6.45) is 1.60. The second kappa shape index (κ2) is 7.81. The van der Waals surface area contributed by atoms with Crippen LogP contribution in [0, 0.1) is 13.8 Å². The lowest BCUT2D eigenvalue weighted by atomic mass is 10.2. The third-order valence-corrected chi connectivity index (χ3v) is 6.03. The number of fused-ring (bicyclic) bond motifs is 1. The summed E-state index contributed by atoms with van der Waals surface area (Å²) in [6.45, 7) is 3.70. The topological polar surface area (TPSA) is 86.0 Å². The van der Waals surface area contributed by atoms with Crippen LogP contribution in [0.4, 0.5) is 5.69 Å². The molecule has 146 valence electrons. The molecule has 0 fully saturated rings. The number of halogens is 1. The first-order valence-corrected chi connectivity index (χ1v) is 9.81. The molecule has 0 bridgehead atoms. The van der Waals surface area contributed by atoms with E-state index in [9.17, 15) is 14.4 Å². The van der Waals surface area contributed by atoms with Crippen LogP contribution in [-0.2, 0) is 18.9 Å². The van der Waals surface area contributed by atoms with Crippen LogP contribution in [-0.4, -0.2) is 25.8 Å². The number of hydrogen-bond acceptors (Lipinski definition) is 5. The quantitative estimate of drug-likeness (QED) is 0.658. The Labute approximate surface area is 170 Å². The number of nitrogens with zero attached hydrogens (tertiary/aromatic N) is 3. The van der Waals surface area contributed by atoms with Crippen LogP contribution in [0.5, 0.6) is 0 Å². The number of nitrogens with one attached hydrogen (secondary N) is 1. The average molecular weight is 419 g/mol. The van der Waals surface area contributed by atoms with E-state index >= 15 is 0 Å². The molecule has 1 aromatic carbocycles. The highest BCUT2D eigenvalue weighted by Crippen LogP contribution is 2.28. The standard InChI is InChI=1S/C19H19ClN4O3S/c1-10-5-6-12(7-13(10)20)22-14(25)9-28-16-11(2)8-21-17-15(16)18(26)24(4)19(27)23(17)3/h5-8H,9H2,1-4H3,(H,22,25). The molecule has 9 heteroatoms. The minimum Gasteiger partial charge on any atom is -0.325 e. The molecular weight excluding hydrogens is 400 g/mol. The highest BCUT2D eigenvalue weighted by atomic mass is 35.5. The molecule has 2 heterocycles. The van der Waals surface area contributed by atoms with Crippen LogP contribution in [0.3, 0.4) is 0 Å². The molecule has 0 aliphatic carbocycles. The van der Waals surface area contributed by atoms with Crippen LogP contribution >= 0.6 is 23.4 Å². The lowest BCUT2D eigenvalue weighted by Gasteiger charge is -2.12. The minimum absolute atomic E-state index is 0.0947. The highest BCUT2D eigenvalue weighted by Gasteiger charge is 2.17. The van der Waals surface area contributed by atoms with E-state index in [1.54, 1.807) is 25.4 Å². The maximum atomic E-state index is 12.7. The van der Waals surface area contributed by atoms with Crippen molar-refractivity contribution in [3.05, 3.63) is 61.4 Å². The van der Waals surface area contributed by atoms with Crippen molar-refractivity contribution in [2.24, 2.45) is 14.1 Å². The Balaban J connectivity index is 1.91. The summed E-state index contributed by atoms with van der Waals surface area (Å²) in [5.41, 5.74) is 1.72. The fourth-order valence-electron chi connectivity index (χ4n) is 2.79.